The molecule has 170 valence electrons. The zero-order valence-electron chi connectivity index (χ0n) is 18.2. The number of aromatic hydroxyl groups is 1. The minimum Gasteiger partial charge on any atom is -0.506 e. The Hall–Kier alpha value is -3.50. The van der Waals surface area contributed by atoms with Gasteiger partial charge >= 0.3 is 0 Å². The molecule has 1 aromatic heterocycles. The zero-order valence-corrected chi connectivity index (χ0v) is 18.9. The van der Waals surface area contributed by atoms with Crippen molar-refractivity contribution in [1.29, 1.82) is 0 Å². The van der Waals surface area contributed by atoms with Gasteiger partial charge in [-0.25, -0.2) is 25.4 Å². The molecular formula is C22H23ClN8O2. The highest BCUT2D eigenvalue weighted by atomic mass is 35.5. The number of unbranched alkanes of at least 4 members (excludes halogenated alkanes) is 1. The molecule has 33 heavy (non-hydrogen) atoms. The summed E-state index contributed by atoms with van der Waals surface area (Å²) in [5, 5.41) is 14.9. The summed E-state index contributed by atoms with van der Waals surface area (Å²) in [6.07, 6.45) is 4.57. The lowest BCUT2D eigenvalue weighted by atomic mass is 9.77. The van der Waals surface area contributed by atoms with Gasteiger partial charge in [-0.05, 0) is 37.5 Å². The maximum Gasteiger partial charge on any atom is 0.240 e. The number of rotatable bonds is 5. The molecule has 11 heteroatoms. The van der Waals surface area contributed by atoms with Crippen LogP contribution in [0.3, 0.4) is 0 Å². The van der Waals surface area contributed by atoms with Crippen molar-refractivity contribution in [3.63, 3.8) is 0 Å². The molecule has 1 atom stereocenters. The highest BCUT2D eigenvalue weighted by Crippen LogP contribution is 2.46. The van der Waals surface area contributed by atoms with E-state index in [0.717, 1.165) is 30.8 Å². The molecule has 0 aliphatic carbocycles. The Morgan fingerprint density at radius 1 is 1.33 bits per heavy atom. The van der Waals surface area contributed by atoms with E-state index in [0.29, 0.717) is 35.1 Å². The number of amides is 1. The number of anilines is 2. The maximum atomic E-state index is 13.1. The molecule has 10 nitrogen and oxygen atoms in total. The van der Waals surface area contributed by atoms with Crippen LogP contribution in [-0.2, 0) is 10.2 Å². The number of carbonyl (C=O) groups is 1. The number of nitrogens with two attached hydrogens (primary N) is 1. The number of aliphatic imine (C=N–C) groups is 2. The fraction of sp³-hybridized carbons (Fsp3) is 0.318. The van der Waals surface area contributed by atoms with Gasteiger partial charge < -0.3 is 16.2 Å². The number of hydrazine groups is 1. The van der Waals surface area contributed by atoms with Crippen LogP contribution in [0.15, 0.2) is 34.4 Å². The lowest BCUT2D eigenvalue weighted by Gasteiger charge is -2.24. The molecular weight excluding hydrogens is 444 g/mol. The van der Waals surface area contributed by atoms with E-state index in [1.165, 1.54) is 12.1 Å². The second kappa shape index (κ2) is 7.82. The molecule has 3 aliphatic heterocycles. The molecule has 1 aromatic carbocycles. The molecule has 0 saturated carbocycles. The van der Waals surface area contributed by atoms with Gasteiger partial charge in [0, 0.05) is 0 Å². The van der Waals surface area contributed by atoms with Gasteiger partial charge in [-0.1, -0.05) is 31.0 Å². The summed E-state index contributed by atoms with van der Waals surface area (Å²) in [7, 11) is 0. The van der Waals surface area contributed by atoms with Crippen LogP contribution < -0.4 is 16.5 Å². The van der Waals surface area contributed by atoms with Gasteiger partial charge in [0.1, 0.15) is 35.2 Å². The molecule has 3 aliphatic rings. The van der Waals surface area contributed by atoms with E-state index >= 15 is 0 Å². The van der Waals surface area contributed by atoms with Crippen LogP contribution in [0.4, 0.5) is 11.6 Å². The number of aromatic nitrogens is 2. The van der Waals surface area contributed by atoms with Crippen LogP contribution in [0.2, 0.25) is 5.02 Å². The van der Waals surface area contributed by atoms with Gasteiger partial charge in [-0.15, -0.1) is 0 Å². The summed E-state index contributed by atoms with van der Waals surface area (Å²) in [5.41, 5.74) is 10.7. The predicted molar refractivity (Wildman–Crippen MR) is 127 cm³/mol. The lowest BCUT2D eigenvalue weighted by Crippen LogP contribution is -2.38. The van der Waals surface area contributed by atoms with Gasteiger partial charge in [0.25, 0.3) is 0 Å². The molecule has 2 aromatic rings. The lowest BCUT2D eigenvalue weighted by molar-refractivity contribution is -0.119. The van der Waals surface area contributed by atoms with Crippen molar-refractivity contribution >= 4 is 46.4 Å². The summed E-state index contributed by atoms with van der Waals surface area (Å²) in [6, 6.07) is 4.67. The smallest absolute Gasteiger partial charge is 0.240 e. The molecule has 4 heterocycles. The Balaban J connectivity index is 1.58. The summed E-state index contributed by atoms with van der Waals surface area (Å²) in [6.45, 7) is 4.31. The monoisotopic (exact) mass is 466 g/mol. The summed E-state index contributed by atoms with van der Waals surface area (Å²) < 4.78 is 0. The SMILES string of the molecule is CCCCC1=NC(c2nc(N)c3c(n2)NC(=O)C3(C)c2ccc(Cl)c(O)c2)=CN2NCN=C12. The standard InChI is InChI=1S/C22H23ClN8O2/c1-3-4-5-13-20-25-10-26-31(20)9-14(27-13)18-28-17(24)16-19(29-18)30-21(33)22(16,2)11-6-7-12(23)15(32)8-11/h6-9,26,32H,3-5,10H2,1-2H3,(H3,24,28,29,30,33). The summed E-state index contributed by atoms with van der Waals surface area (Å²) >= 11 is 5.95. The van der Waals surface area contributed by atoms with Gasteiger partial charge in [0.15, 0.2) is 11.7 Å². The Bertz CT molecular complexity index is 1270. The van der Waals surface area contributed by atoms with Crippen molar-refractivity contribution < 1.29 is 9.90 Å². The molecule has 0 radical (unpaired) electrons. The van der Waals surface area contributed by atoms with E-state index in [1.54, 1.807) is 19.2 Å². The molecule has 5 N–H and O–H groups in total. The largest absolute Gasteiger partial charge is 0.506 e. The molecule has 5 rings (SSSR count). The first-order chi connectivity index (χ1) is 15.8. The van der Waals surface area contributed by atoms with Crippen molar-refractivity contribution in [3.05, 3.63) is 46.4 Å². The Morgan fingerprint density at radius 3 is 2.91 bits per heavy atom. The number of hydrogen-bond donors (Lipinski definition) is 4. The van der Waals surface area contributed by atoms with Crippen molar-refractivity contribution in [3.8, 4) is 5.75 Å². The number of nitrogen functional groups attached to an aromatic ring is 1. The topological polar surface area (TPSA) is 141 Å². The van der Waals surface area contributed by atoms with Crippen LogP contribution in [0.5, 0.6) is 5.75 Å². The minimum absolute atomic E-state index is 0.121. The van der Waals surface area contributed by atoms with Crippen molar-refractivity contribution in [2.75, 3.05) is 17.7 Å². The Kier molecular flexibility index (Phi) is 5.06. The number of phenols is 1. The number of amidine groups is 1. The fourth-order valence-corrected chi connectivity index (χ4v) is 4.38. The summed E-state index contributed by atoms with van der Waals surface area (Å²) in [4.78, 5) is 31.4. The molecule has 0 bridgehead atoms. The number of hydrogen-bond acceptors (Lipinski definition) is 9. The van der Waals surface area contributed by atoms with Gasteiger partial charge in [-0.2, -0.15) is 0 Å². The first-order valence-electron chi connectivity index (χ1n) is 10.7. The number of benzene rings is 1. The van der Waals surface area contributed by atoms with E-state index < -0.39 is 5.41 Å². The van der Waals surface area contributed by atoms with Crippen molar-refractivity contribution in [1.82, 2.24) is 20.4 Å². The third-order valence-corrected chi connectivity index (χ3v) is 6.43. The number of phenolic OH excluding ortho intramolecular Hbond substituents is 1. The Morgan fingerprint density at radius 2 is 2.15 bits per heavy atom. The van der Waals surface area contributed by atoms with E-state index in [1.807, 2.05) is 5.01 Å². The first kappa shape index (κ1) is 21.4. The third-order valence-electron chi connectivity index (χ3n) is 6.11. The van der Waals surface area contributed by atoms with Crippen LogP contribution in [-0.4, -0.2) is 44.2 Å². The zero-order chi connectivity index (χ0) is 23.3. The number of fused-ring (bicyclic) bond motifs is 2. The van der Waals surface area contributed by atoms with E-state index in [9.17, 15) is 9.90 Å². The van der Waals surface area contributed by atoms with Gasteiger partial charge in [0.2, 0.25) is 5.91 Å². The molecule has 1 unspecified atom stereocenters. The second-order valence-electron chi connectivity index (χ2n) is 8.25. The average Bonchev–Trinajstić information content (AvgIpc) is 3.37. The third kappa shape index (κ3) is 3.33. The van der Waals surface area contributed by atoms with Crippen molar-refractivity contribution in [2.24, 2.45) is 9.98 Å². The van der Waals surface area contributed by atoms with E-state index in [4.69, 9.17) is 22.3 Å². The summed E-state index contributed by atoms with van der Waals surface area (Å²) in [5.74, 6) is 1.13. The number of carbonyl (C=O) groups excluding carboxylic acids is 1. The van der Waals surface area contributed by atoms with Gasteiger partial charge in [-0.3, -0.25) is 9.80 Å². The van der Waals surface area contributed by atoms with Gasteiger partial charge in [0.05, 0.1) is 22.5 Å². The number of nitrogens with zero attached hydrogens (tertiary/aromatic N) is 5. The van der Waals surface area contributed by atoms with Crippen LogP contribution >= 0.6 is 11.6 Å². The highest BCUT2D eigenvalue weighted by Gasteiger charge is 2.48. The average molecular weight is 467 g/mol. The van der Waals surface area contributed by atoms with E-state index in [2.05, 4.69) is 32.6 Å². The maximum absolute atomic E-state index is 13.1. The van der Waals surface area contributed by atoms with Crippen LogP contribution in [0.25, 0.3) is 5.70 Å². The Labute approximate surface area is 195 Å². The quantitative estimate of drug-likeness (QED) is 0.530. The molecule has 0 saturated heterocycles. The number of halogens is 1. The number of nitrogens with one attached hydrogen (secondary N) is 2. The highest BCUT2D eigenvalue weighted by molar-refractivity contribution is 6.43. The van der Waals surface area contributed by atoms with Crippen LogP contribution in [0.1, 0.15) is 50.1 Å². The second-order valence-corrected chi connectivity index (χ2v) is 8.65. The molecule has 0 fully saturated rings. The molecule has 0 spiro atoms. The first-order valence-corrected chi connectivity index (χ1v) is 11.1. The van der Waals surface area contributed by atoms with Crippen molar-refractivity contribution in [2.45, 2.75) is 38.5 Å². The fourth-order valence-electron chi connectivity index (χ4n) is 4.26. The van der Waals surface area contributed by atoms with E-state index in [-0.39, 0.29) is 22.5 Å². The predicted octanol–water partition coefficient (Wildman–Crippen LogP) is 2.80. The minimum atomic E-state index is -1.19. The molecule has 1 amide bonds. The van der Waals surface area contributed by atoms with Crippen LogP contribution in [0, 0.1) is 0 Å². The normalized spacial score (nSPS) is 21.2.